The Kier molecular flexibility index (Phi) is 2.51. The molecule has 3 nitrogen and oxygen atoms in total. The van der Waals surface area contributed by atoms with Crippen LogP contribution in [0.5, 0.6) is 0 Å². The molecule has 0 aliphatic rings. The number of benzene rings is 2. The minimum Gasteiger partial charge on any atom is -0.221 e. The molecule has 0 saturated heterocycles. The molecule has 0 radical (unpaired) electrons. The fraction of sp³-hybridized carbons (Fsp3) is 0. The number of halogens is 1. The zero-order chi connectivity index (χ0) is 12.5. The van der Waals surface area contributed by atoms with Gasteiger partial charge < -0.3 is 0 Å². The van der Waals surface area contributed by atoms with Gasteiger partial charge in [-0.15, -0.1) is 0 Å². The third kappa shape index (κ3) is 1.64. The van der Waals surface area contributed by atoms with Gasteiger partial charge in [-0.05, 0) is 30.3 Å². The van der Waals surface area contributed by atoms with Crippen LogP contribution < -0.4 is 0 Å². The summed E-state index contributed by atoms with van der Waals surface area (Å²) < 4.78 is 1.67. The normalized spacial score (nSPS) is 10.4. The van der Waals surface area contributed by atoms with Crippen LogP contribution in [0.1, 0.15) is 5.56 Å². The predicted octanol–water partition coefficient (Wildman–Crippen LogP) is 3.55. The molecule has 1 aromatic heterocycles. The highest BCUT2D eigenvalue weighted by Crippen LogP contribution is 2.26. The van der Waals surface area contributed by atoms with Gasteiger partial charge in [0, 0.05) is 5.39 Å². The van der Waals surface area contributed by atoms with Gasteiger partial charge in [0.25, 0.3) is 0 Å². The molecule has 0 N–H and O–H groups in total. The molecule has 0 amide bonds. The molecule has 3 rings (SSSR count). The van der Waals surface area contributed by atoms with Crippen molar-refractivity contribution < 1.29 is 0 Å². The fourth-order valence-electron chi connectivity index (χ4n) is 1.86. The molecule has 0 aliphatic carbocycles. The summed E-state index contributed by atoms with van der Waals surface area (Å²) in [6.07, 6.45) is 0. The number of para-hydroxylation sites is 1. The Bertz CT molecular complexity index is 754. The molecule has 86 valence electrons. The lowest BCUT2D eigenvalue weighted by molar-refractivity contribution is 0.897. The number of nitrogens with zero attached hydrogens (tertiary/aromatic N) is 3. The Hall–Kier alpha value is -2.31. The molecule has 0 bridgehead atoms. The molecule has 1 heterocycles. The molecule has 0 unspecified atom stereocenters. The van der Waals surface area contributed by atoms with Gasteiger partial charge in [0.1, 0.15) is 5.15 Å². The zero-order valence-corrected chi connectivity index (χ0v) is 10.1. The summed E-state index contributed by atoms with van der Waals surface area (Å²) in [5.41, 5.74) is 2.21. The molecule has 0 atom stereocenters. The molecule has 3 aromatic rings. The highest BCUT2D eigenvalue weighted by Gasteiger charge is 2.10. The maximum Gasteiger partial charge on any atom is 0.140 e. The first-order valence-corrected chi connectivity index (χ1v) is 5.81. The van der Waals surface area contributed by atoms with Crippen molar-refractivity contribution in [2.24, 2.45) is 0 Å². The molecule has 0 fully saturated rings. The lowest BCUT2D eigenvalue weighted by Gasteiger charge is -2.01. The monoisotopic (exact) mass is 253 g/mol. The molecule has 2 aromatic carbocycles. The van der Waals surface area contributed by atoms with Crippen molar-refractivity contribution in [2.45, 2.75) is 0 Å². The van der Waals surface area contributed by atoms with E-state index in [2.05, 4.69) is 11.2 Å². The lowest BCUT2D eigenvalue weighted by atomic mass is 10.2. The zero-order valence-electron chi connectivity index (χ0n) is 9.34. The second-order valence-corrected chi connectivity index (χ2v) is 4.24. The lowest BCUT2D eigenvalue weighted by Crippen LogP contribution is -1.95. The number of rotatable bonds is 1. The van der Waals surface area contributed by atoms with E-state index in [9.17, 15) is 0 Å². The van der Waals surface area contributed by atoms with E-state index < -0.39 is 0 Å². The van der Waals surface area contributed by atoms with E-state index >= 15 is 0 Å². The van der Waals surface area contributed by atoms with Crippen LogP contribution in [0.2, 0.25) is 5.15 Å². The second kappa shape index (κ2) is 4.17. The van der Waals surface area contributed by atoms with Gasteiger partial charge in [0.15, 0.2) is 0 Å². The van der Waals surface area contributed by atoms with Gasteiger partial charge in [-0.2, -0.15) is 10.4 Å². The van der Waals surface area contributed by atoms with Crippen molar-refractivity contribution in [3.63, 3.8) is 0 Å². The third-order valence-electron chi connectivity index (χ3n) is 2.74. The summed E-state index contributed by atoms with van der Waals surface area (Å²) in [7, 11) is 0. The molecule has 4 heteroatoms. The fourth-order valence-corrected chi connectivity index (χ4v) is 2.16. The first-order chi connectivity index (χ1) is 8.79. The van der Waals surface area contributed by atoms with Crippen LogP contribution >= 0.6 is 11.6 Å². The standard InChI is InChI=1S/C14H8ClN3/c15-14-12-7-6-10(9-16)8-13(12)17-18(14)11-4-2-1-3-5-11/h1-8H. The summed E-state index contributed by atoms with van der Waals surface area (Å²) in [5, 5.41) is 14.7. The van der Waals surface area contributed by atoms with Crippen LogP contribution in [-0.4, -0.2) is 9.78 Å². The summed E-state index contributed by atoms with van der Waals surface area (Å²) in [6.45, 7) is 0. The number of nitriles is 1. The van der Waals surface area contributed by atoms with Crippen LogP contribution in [0.4, 0.5) is 0 Å². The number of hydrogen-bond donors (Lipinski definition) is 0. The van der Waals surface area contributed by atoms with E-state index in [0.29, 0.717) is 10.7 Å². The third-order valence-corrected chi connectivity index (χ3v) is 3.11. The quantitative estimate of drug-likeness (QED) is 0.665. The first-order valence-electron chi connectivity index (χ1n) is 5.43. The minimum atomic E-state index is 0.556. The second-order valence-electron chi connectivity index (χ2n) is 3.88. The molecule has 18 heavy (non-hydrogen) atoms. The van der Waals surface area contributed by atoms with Gasteiger partial charge in [-0.1, -0.05) is 29.8 Å². The minimum absolute atomic E-state index is 0.556. The summed E-state index contributed by atoms with van der Waals surface area (Å²) >= 11 is 6.30. The van der Waals surface area contributed by atoms with E-state index in [1.54, 1.807) is 16.8 Å². The molecule has 0 saturated carbocycles. The van der Waals surface area contributed by atoms with Crippen LogP contribution in [0.15, 0.2) is 48.5 Å². The van der Waals surface area contributed by atoms with Crippen LogP contribution in [-0.2, 0) is 0 Å². The average molecular weight is 254 g/mol. The Morgan fingerprint density at radius 2 is 1.89 bits per heavy atom. The van der Waals surface area contributed by atoms with E-state index in [1.165, 1.54) is 0 Å². The maximum atomic E-state index is 8.87. The molecular formula is C14H8ClN3. The van der Waals surface area contributed by atoms with Crippen molar-refractivity contribution in [3.8, 4) is 11.8 Å². The summed E-state index contributed by atoms with van der Waals surface area (Å²) in [5.74, 6) is 0. The smallest absolute Gasteiger partial charge is 0.140 e. The van der Waals surface area contributed by atoms with E-state index in [4.69, 9.17) is 16.9 Å². The topological polar surface area (TPSA) is 41.6 Å². The van der Waals surface area contributed by atoms with Crippen molar-refractivity contribution >= 4 is 22.5 Å². The van der Waals surface area contributed by atoms with Crippen molar-refractivity contribution in [2.75, 3.05) is 0 Å². The van der Waals surface area contributed by atoms with Gasteiger partial charge >= 0.3 is 0 Å². The number of fused-ring (bicyclic) bond motifs is 1. The van der Waals surface area contributed by atoms with Crippen LogP contribution in [0, 0.1) is 11.3 Å². The first kappa shape index (κ1) is 10.8. The van der Waals surface area contributed by atoms with E-state index in [-0.39, 0.29) is 0 Å². The van der Waals surface area contributed by atoms with Gasteiger partial charge in [-0.25, -0.2) is 4.68 Å². The molecule has 0 aliphatic heterocycles. The number of aromatic nitrogens is 2. The van der Waals surface area contributed by atoms with Crippen molar-refractivity contribution in [3.05, 3.63) is 59.2 Å². The Labute approximate surface area is 109 Å². The van der Waals surface area contributed by atoms with Crippen LogP contribution in [0.3, 0.4) is 0 Å². The Morgan fingerprint density at radius 1 is 1.11 bits per heavy atom. The molecular weight excluding hydrogens is 246 g/mol. The maximum absolute atomic E-state index is 8.87. The number of hydrogen-bond acceptors (Lipinski definition) is 2. The Morgan fingerprint density at radius 3 is 2.61 bits per heavy atom. The largest absolute Gasteiger partial charge is 0.221 e. The van der Waals surface area contributed by atoms with E-state index in [1.807, 2.05) is 36.4 Å². The Balaban J connectivity index is 2.27. The highest BCUT2D eigenvalue weighted by molar-refractivity contribution is 6.34. The van der Waals surface area contributed by atoms with Gasteiger partial charge in [0.05, 0.1) is 22.8 Å². The van der Waals surface area contributed by atoms with Gasteiger partial charge in [0.2, 0.25) is 0 Å². The average Bonchev–Trinajstić information content (AvgIpc) is 2.76. The highest BCUT2D eigenvalue weighted by atomic mass is 35.5. The summed E-state index contributed by atoms with van der Waals surface area (Å²) in [6, 6.07) is 17.1. The SMILES string of the molecule is N#Cc1ccc2c(Cl)n(-c3ccccc3)nc2c1. The van der Waals surface area contributed by atoms with Crippen molar-refractivity contribution in [1.82, 2.24) is 9.78 Å². The molecule has 0 spiro atoms. The van der Waals surface area contributed by atoms with Crippen LogP contribution in [0.25, 0.3) is 16.6 Å². The van der Waals surface area contributed by atoms with Gasteiger partial charge in [-0.3, -0.25) is 0 Å². The summed E-state index contributed by atoms with van der Waals surface area (Å²) in [4.78, 5) is 0. The van der Waals surface area contributed by atoms with E-state index in [0.717, 1.165) is 16.6 Å². The van der Waals surface area contributed by atoms with Crippen molar-refractivity contribution in [1.29, 1.82) is 5.26 Å². The predicted molar refractivity (Wildman–Crippen MR) is 70.8 cm³/mol.